The molecule has 0 bridgehead atoms. The van der Waals surface area contributed by atoms with Gasteiger partial charge < -0.3 is 15.5 Å². The highest BCUT2D eigenvalue weighted by Gasteiger charge is 2.32. The fourth-order valence-corrected chi connectivity index (χ4v) is 3.67. The monoisotopic (exact) mass is 391 g/mol. The van der Waals surface area contributed by atoms with Crippen molar-refractivity contribution in [2.75, 3.05) is 24.5 Å². The van der Waals surface area contributed by atoms with Crippen molar-refractivity contribution in [3.05, 3.63) is 29.6 Å². The lowest BCUT2D eigenvalue weighted by atomic mass is 9.99. The van der Waals surface area contributed by atoms with Gasteiger partial charge in [0, 0.05) is 31.4 Å². The fraction of sp³-hybridized carbons (Fsp3) is 0.611. The second-order valence-electron chi connectivity index (χ2n) is 7.04. The van der Waals surface area contributed by atoms with Gasteiger partial charge in [-0.2, -0.15) is 0 Å². The molecular formula is C18H28Cl2FN3O. The molecule has 0 aliphatic carbocycles. The largest absolute Gasteiger partial charge is 0.368 e. The Morgan fingerprint density at radius 2 is 1.84 bits per heavy atom. The minimum Gasteiger partial charge on any atom is -0.368 e. The zero-order valence-corrected chi connectivity index (χ0v) is 16.4. The van der Waals surface area contributed by atoms with Gasteiger partial charge in [-0.15, -0.1) is 24.8 Å². The van der Waals surface area contributed by atoms with Crippen molar-refractivity contribution < 1.29 is 9.18 Å². The lowest BCUT2D eigenvalue weighted by Crippen LogP contribution is -2.52. The van der Waals surface area contributed by atoms with E-state index in [0.717, 1.165) is 50.1 Å². The first-order chi connectivity index (χ1) is 11.0. The Hall–Kier alpha value is -1.04. The van der Waals surface area contributed by atoms with Gasteiger partial charge in [0.25, 0.3) is 0 Å². The molecule has 2 aliphatic rings. The molecule has 2 aliphatic heterocycles. The van der Waals surface area contributed by atoms with Crippen molar-refractivity contribution in [1.82, 2.24) is 4.90 Å². The van der Waals surface area contributed by atoms with Crippen LogP contribution in [0.1, 0.15) is 32.3 Å². The van der Waals surface area contributed by atoms with Crippen LogP contribution in [-0.2, 0) is 11.2 Å². The molecule has 2 heterocycles. The predicted molar refractivity (Wildman–Crippen MR) is 104 cm³/mol. The summed E-state index contributed by atoms with van der Waals surface area (Å²) in [5.74, 6) is 0.0802. The van der Waals surface area contributed by atoms with Crippen molar-refractivity contribution in [1.29, 1.82) is 0 Å². The van der Waals surface area contributed by atoms with E-state index in [2.05, 4.69) is 4.90 Å². The van der Waals surface area contributed by atoms with E-state index in [0.29, 0.717) is 6.04 Å². The van der Waals surface area contributed by atoms with E-state index in [4.69, 9.17) is 5.73 Å². The molecule has 1 amide bonds. The van der Waals surface area contributed by atoms with E-state index in [9.17, 15) is 9.18 Å². The molecule has 2 N–H and O–H groups in total. The molecule has 1 aromatic carbocycles. The molecule has 0 spiro atoms. The lowest BCUT2D eigenvalue weighted by Gasteiger charge is -2.39. The number of nitrogens with zero attached hydrogens (tertiary/aromatic N) is 2. The molecule has 0 aromatic heterocycles. The summed E-state index contributed by atoms with van der Waals surface area (Å²) in [6, 6.07) is 5.11. The Kier molecular flexibility index (Phi) is 7.97. The molecule has 142 valence electrons. The summed E-state index contributed by atoms with van der Waals surface area (Å²) in [4.78, 5) is 16.6. The zero-order valence-electron chi connectivity index (χ0n) is 14.8. The average Bonchev–Trinajstić information content (AvgIpc) is 2.96. The van der Waals surface area contributed by atoms with Crippen LogP contribution in [0.5, 0.6) is 0 Å². The minimum absolute atomic E-state index is 0. The number of piperidine rings is 1. The number of likely N-dealkylation sites (tertiary alicyclic amines) is 1. The highest BCUT2D eigenvalue weighted by Crippen LogP contribution is 2.33. The first kappa shape index (κ1) is 22.0. The van der Waals surface area contributed by atoms with E-state index < -0.39 is 6.04 Å². The van der Waals surface area contributed by atoms with Gasteiger partial charge in [-0.1, -0.05) is 13.8 Å². The third-order valence-corrected chi connectivity index (χ3v) is 5.19. The van der Waals surface area contributed by atoms with E-state index in [1.165, 1.54) is 6.07 Å². The molecule has 1 saturated heterocycles. The Labute approximate surface area is 161 Å². The molecule has 3 rings (SSSR count). The van der Waals surface area contributed by atoms with Crippen molar-refractivity contribution >= 4 is 36.4 Å². The Balaban J connectivity index is 0.00000156. The number of carbonyl (C=O) groups is 1. The fourth-order valence-electron chi connectivity index (χ4n) is 3.67. The third-order valence-electron chi connectivity index (χ3n) is 5.19. The van der Waals surface area contributed by atoms with Crippen LogP contribution in [0, 0.1) is 11.7 Å². The number of benzene rings is 1. The molecule has 0 unspecified atom stereocenters. The number of hydrogen-bond acceptors (Lipinski definition) is 3. The first-order valence-corrected chi connectivity index (χ1v) is 8.57. The number of nitrogens with two attached hydrogens (primary N) is 1. The summed E-state index contributed by atoms with van der Waals surface area (Å²) in [5, 5.41) is 0. The van der Waals surface area contributed by atoms with Crippen molar-refractivity contribution in [3.8, 4) is 0 Å². The standard InChI is InChI=1S/C18H26FN3O.2ClH/c1-12(2)17(20)18(23)21-8-6-15(7-9-21)22-10-5-13-11-14(19)3-4-16(13)22;;/h3-4,11-12,15,17H,5-10,20H2,1-2H3;2*1H/t17-;;/m0../s1. The van der Waals surface area contributed by atoms with Crippen molar-refractivity contribution in [2.24, 2.45) is 11.7 Å². The maximum atomic E-state index is 13.3. The van der Waals surface area contributed by atoms with E-state index in [1.54, 1.807) is 6.07 Å². The van der Waals surface area contributed by atoms with Gasteiger partial charge in [-0.25, -0.2) is 4.39 Å². The number of anilines is 1. The average molecular weight is 392 g/mol. The molecule has 1 atom stereocenters. The van der Waals surface area contributed by atoms with E-state index in [-0.39, 0.29) is 42.5 Å². The van der Waals surface area contributed by atoms with Gasteiger partial charge in [-0.3, -0.25) is 4.79 Å². The number of hydrogen-bond donors (Lipinski definition) is 1. The summed E-state index contributed by atoms with van der Waals surface area (Å²) in [5.41, 5.74) is 8.25. The zero-order chi connectivity index (χ0) is 16.6. The Bertz CT molecular complexity index is 592. The minimum atomic E-state index is -0.401. The van der Waals surface area contributed by atoms with Crippen LogP contribution >= 0.6 is 24.8 Å². The smallest absolute Gasteiger partial charge is 0.239 e. The molecule has 0 radical (unpaired) electrons. The van der Waals surface area contributed by atoms with Gasteiger partial charge in [0.05, 0.1) is 6.04 Å². The van der Waals surface area contributed by atoms with E-state index in [1.807, 2.05) is 24.8 Å². The molecule has 1 fully saturated rings. The summed E-state index contributed by atoms with van der Waals surface area (Å²) >= 11 is 0. The lowest BCUT2D eigenvalue weighted by molar-refractivity contribution is -0.134. The molecular weight excluding hydrogens is 364 g/mol. The second kappa shape index (κ2) is 9.06. The number of rotatable bonds is 3. The van der Waals surface area contributed by atoms with Gasteiger partial charge >= 0.3 is 0 Å². The summed E-state index contributed by atoms with van der Waals surface area (Å²) < 4.78 is 13.3. The van der Waals surface area contributed by atoms with Gasteiger partial charge in [0.1, 0.15) is 5.82 Å². The topological polar surface area (TPSA) is 49.6 Å². The molecule has 0 saturated carbocycles. The van der Waals surface area contributed by atoms with Gasteiger partial charge in [0.2, 0.25) is 5.91 Å². The quantitative estimate of drug-likeness (QED) is 0.861. The number of halogens is 3. The molecule has 7 heteroatoms. The maximum absolute atomic E-state index is 13.3. The predicted octanol–water partition coefficient (Wildman–Crippen LogP) is 3.01. The highest BCUT2D eigenvalue weighted by molar-refractivity contribution is 5.85. The van der Waals surface area contributed by atoms with Crippen molar-refractivity contribution in [3.63, 3.8) is 0 Å². The SMILES string of the molecule is CC(C)[C@H](N)C(=O)N1CCC(N2CCc3cc(F)ccc32)CC1.Cl.Cl. The number of fused-ring (bicyclic) bond motifs is 1. The summed E-state index contributed by atoms with van der Waals surface area (Å²) in [6.07, 6.45) is 2.81. The maximum Gasteiger partial charge on any atom is 0.239 e. The summed E-state index contributed by atoms with van der Waals surface area (Å²) in [7, 11) is 0. The van der Waals surface area contributed by atoms with Crippen LogP contribution in [0.4, 0.5) is 10.1 Å². The van der Waals surface area contributed by atoms with Gasteiger partial charge in [-0.05, 0) is 48.9 Å². The molecule has 4 nitrogen and oxygen atoms in total. The normalized spacial score (nSPS) is 18.4. The van der Waals surface area contributed by atoms with Crippen LogP contribution in [0.2, 0.25) is 0 Å². The van der Waals surface area contributed by atoms with E-state index >= 15 is 0 Å². The van der Waals surface area contributed by atoms with Crippen LogP contribution in [0.3, 0.4) is 0 Å². The number of carbonyl (C=O) groups excluding carboxylic acids is 1. The first-order valence-electron chi connectivity index (χ1n) is 8.57. The van der Waals surface area contributed by atoms with Crippen LogP contribution < -0.4 is 10.6 Å². The Morgan fingerprint density at radius 1 is 1.20 bits per heavy atom. The van der Waals surface area contributed by atoms with Crippen LogP contribution in [0.15, 0.2) is 18.2 Å². The van der Waals surface area contributed by atoms with Crippen LogP contribution in [-0.4, -0.2) is 42.5 Å². The number of amides is 1. The second-order valence-corrected chi connectivity index (χ2v) is 7.04. The Morgan fingerprint density at radius 3 is 2.44 bits per heavy atom. The van der Waals surface area contributed by atoms with Gasteiger partial charge in [0.15, 0.2) is 0 Å². The summed E-state index contributed by atoms with van der Waals surface area (Å²) in [6.45, 7) is 6.43. The molecule has 25 heavy (non-hydrogen) atoms. The van der Waals surface area contributed by atoms with Crippen LogP contribution in [0.25, 0.3) is 0 Å². The molecule has 1 aromatic rings. The third kappa shape index (κ3) is 4.57. The highest BCUT2D eigenvalue weighted by atomic mass is 35.5. The van der Waals surface area contributed by atoms with Crippen molar-refractivity contribution in [2.45, 2.75) is 45.2 Å².